The van der Waals surface area contributed by atoms with Gasteiger partial charge in [0.05, 0.1) is 12.7 Å². The summed E-state index contributed by atoms with van der Waals surface area (Å²) in [6, 6.07) is 11.6. The first-order chi connectivity index (χ1) is 15.7. The molecule has 0 aliphatic carbocycles. The average Bonchev–Trinajstić information content (AvgIpc) is 3.00. The highest BCUT2D eigenvalue weighted by molar-refractivity contribution is 6.36. The van der Waals surface area contributed by atoms with Crippen molar-refractivity contribution in [3.8, 4) is 11.5 Å². The summed E-state index contributed by atoms with van der Waals surface area (Å²) in [7, 11) is 1.50. The van der Waals surface area contributed by atoms with Crippen LogP contribution in [0.15, 0.2) is 54.2 Å². The molecule has 33 heavy (non-hydrogen) atoms. The number of anilines is 1. The molecule has 0 spiro atoms. The van der Waals surface area contributed by atoms with Crippen LogP contribution in [0.4, 0.5) is 18.9 Å². The van der Waals surface area contributed by atoms with E-state index in [0.29, 0.717) is 30.9 Å². The third kappa shape index (κ3) is 6.04. The second-order valence-corrected chi connectivity index (χ2v) is 6.99. The number of hydrogen-bond acceptors (Lipinski definition) is 6. The maximum Gasteiger partial charge on any atom is 0.573 e. The summed E-state index contributed by atoms with van der Waals surface area (Å²) in [5.74, 6) is -0.975. The number of carbonyl (C=O) groups excluding carboxylic acids is 2. The highest BCUT2D eigenvalue weighted by Gasteiger charge is 2.39. The molecule has 1 heterocycles. The standard InChI is InChI=1S/C23H23F3N2O5/c1-3-32-13-5-12-28-21(29)19(15-8-10-17(31-2)11-9-15)20(22(28)30)27-16-6-4-7-18(14-16)33-23(24,25)26/h4,6-11,14,27H,3,5,12-13H2,1-2H3. The second-order valence-electron chi connectivity index (χ2n) is 6.99. The molecule has 176 valence electrons. The van der Waals surface area contributed by atoms with Gasteiger partial charge in [0.1, 0.15) is 17.2 Å². The first-order valence-electron chi connectivity index (χ1n) is 10.2. The van der Waals surface area contributed by atoms with Crippen LogP contribution in [0.2, 0.25) is 0 Å². The molecular weight excluding hydrogens is 441 g/mol. The van der Waals surface area contributed by atoms with Crippen molar-refractivity contribution in [2.75, 3.05) is 32.2 Å². The minimum Gasteiger partial charge on any atom is -0.497 e. The normalized spacial score (nSPS) is 14.2. The van der Waals surface area contributed by atoms with Crippen LogP contribution in [-0.2, 0) is 14.3 Å². The van der Waals surface area contributed by atoms with Crippen LogP contribution < -0.4 is 14.8 Å². The Labute approximate surface area is 188 Å². The van der Waals surface area contributed by atoms with Gasteiger partial charge in [-0.3, -0.25) is 14.5 Å². The first kappa shape index (κ1) is 24.1. The van der Waals surface area contributed by atoms with E-state index in [4.69, 9.17) is 9.47 Å². The molecule has 0 saturated carbocycles. The van der Waals surface area contributed by atoms with E-state index in [-0.39, 0.29) is 23.5 Å². The van der Waals surface area contributed by atoms with Crippen LogP contribution in [0.1, 0.15) is 18.9 Å². The largest absolute Gasteiger partial charge is 0.573 e. The molecule has 3 rings (SSSR count). The van der Waals surface area contributed by atoms with Crippen LogP contribution in [0.25, 0.3) is 5.57 Å². The summed E-state index contributed by atoms with van der Waals surface area (Å²) in [6.07, 6.45) is -4.41. The lowest BCUT2D eigenvalue weighted by molar-refractivity contribution is -0.274. The Morgan fingerprint density at radius 3 is 2.36 bits per heavy atom. The summed E-state index contributed by atoms with van der Waals surface area (Å²) in [5, 5.41) is 2.81. The molecule has 1 aliphatic heterocycles. The Morgan fingerprint density at radius 1 is 1.00 bits per heavy atom. The van der Waals surface area contributed by atoms with Gasteiger partial charge in [-0.2, -0.15) is 0 Å². The molecule has 7 nitrogen and oxygen atoms in total. The number of nitrogens with one attached hydrogen (secondary N) is 1. The third-order valence-corrected chi connectivity index (χ3v) is 4.76. The van der Waals surface area contributed by atoms with Crippen LogP contribution in [0.5, 0.6) is 11.5 Å². The number of benzene rings is 2. The molecule has 0 radical (unpaired) electrons. The van der Waals surface area contributed by atoms with Gasteiger partial charge in [-0.1, -0.05) is 18.2 Å². The lowest BCUT2D eigenvalue weighted by atomic mass is 10.0. The fraction of sp³-hybridized carbons (Fsp3) is 0.304. The molecule has 2 amide bonds. The number of nitrogens with zero attached hydrogens (tertiary/aromatic N) is 1. The predicted octanol–water partition coefficient (Wildman–Crippen LogP) is 4.21. The highest BCUT2D eigenvalue weighted by Crippen LogP contribution is 2.33. The second kappa shape index (κ2) is 10.4. The van der Waals surface area contributed by atoms with Gasteiger partial charge in [0.15, 0.2) is 0 Å². The van der Waals surface area contributed by atoms with Crippen molar-refractivity contribution < 1.29 is 37.0 Å². The maximum atomic E-state index is 13.2. The van der Waals surface area contributed by atoms with E-state index < -0.39 is 23.9 Å². The molecule has 10 heteroatoms. The summed E-state index contributed by atoms with van der Waals surface area (Å²) in [6.45, 7) is 2.87. The van der Waals surface area contributed by atoms with Crippen molar-refractivity contribution in [3.05, 3.63) is 59.8 Å². The van der Waals surface area contributed by atoms with Gasteiger partial charge in [-0.25, -0.2) is 0 Å². The molecule has 0 aromatic heterocycles. The topological polar surface area (TPSA) is 77.1 Å². The molecule has 2 aromatic carbocycles. The van der Waals surface area contributed by atoms with Crippen molar-refractivity contribution in [3.63, 3.8) is 0 Å². The first-order valence-corrected chi connectivity index (χ1v) is 10.2. The fourth-order valence-electron chi connectivity index (χ4n) is 3.30. The Hall–Kier alpha value is -3.53. The Balaban J connectivity index is 1.93. The van der Waals surface area contributed by atoms with Crippen LogP contribution in [0.3, 0.4) is 0 Å². The molecule has 1 N–H and O–H groups in total. The van der Waals surface area contributed by atoms with Crippen molar-refractivity contribution in [1.82, 2.24) is 4.90 Å². The van der Waals surface area contributed by atoms with Gasteiger partial charge >= 0.3 is 6.36 Å². The number of methoxy groups -OCH3 is 1. The zero-order valence-electron chi connectivity index (χ0n) is 18.1. The molecule has 0 fully saturated rings. The molecule has 0 bridgehead atoms. The predicted molar refractivity (Wildman–Crippen MR) is 114 cm³/mol. The van der Waals surface area contributed by atoms with Crippen LogP contribution in [0, 0.1) is 0 Å². The minimum absolute atomic E-state index is 0.0364. The number of rotatable bonds is 10. The summed E-state index contributed by atoms with van der Waals surface area (Å²) >= 11 is 0. The SMILES string of the molecule is CCOCCCN1C(=O)C(Nc2cccc(OC(F)(F)F)c2)=C(c2ccc(OC)cc2)C1=O. The quantitative estimate of drug-likeness (QED) is 0.419. The molecule has 0 atom stereocenters. The van der Waals surface area contributed by atoms with Crippen LogP contribution in [-0.4, -0.2) is 49.9 Å². The van der Waals surface area contributed by atoms with E-state index in [9.17, 15) is 22.8 Å². The number of alkyl halides is 3. The van der Waals surface area contributed by atoms with E-state index >= 15 is 0 Å². The molecule has 0 unspecified atom stereocenters. The van der Waals surface area contributed by atoms with Gasteiger partial charge in [0, 0.05) is 31.5 Å². The van der Waals surface area contributed by atoms with E-state index in [0.717, 1.165) is 17.0 Å². The van der Waals surface area contributed by atoms with Gasteiger partial charge in [-0.15, -0.1) is 13.2 Å². The van der Waals surface area contributed by atoms with E-state index in [1.165, 1.54) is 19.2 Å². The summed E-state index contributed by atoms with van der Waals surface area (Å²) < 4.78 is 52.1. The number of imide groups is 1. The van der Waals surface area contributed by atoms with Crippen molar-refractivity contribution in [2.45, 2.75) is 19.7 Å². The molecular formula is C23H23F3N2O5. The monoisotopic (exact) mass is 464 g/mol. The minimum atomic E-state index is -4.86. The Bertz CT molecular complexity index is 1040. The number of hydrogen-bond donors (Lipinski definition) is 1. The van der Waals surface area contributed by atoms with Crippen LogP contribution >= 0.6 is 0 Å². The van der Waals surface area contributed by atoms with Crippen molar-refractivity contribution in [1.29, 1.82) is 0 Å². The molecule has 1 aliphatic rings. The van der Waals surface area contributed by atoms with E-state index in [1.54, 1.807) is 24.3 Å². The number of carbonyl (C=O) groups is 2. The third-order valence-electron chi connectivity index (χ3n) is 4.76. The lowest BCUT2D eigenvalue weighted by Gasteiger charge is -2.15. The average molecular weight is 464 g/mol. The number of amides is 2. The molecule has 2 aromatic rings. The Kier molecular flexibility index (Phi) is 7.59. The van der Waals surface area contributed by atoms with Gasteiger partial charge in [-0.05, 0) is 43.2 Å². The highest BCUT2D eigenvalue weighted by atomic mass is 19.4. The van der Waals surface area contributed by atoms with Gasteiger partial charge in [0.2, 0.25) is 0 Å². The smallest absolute Gasteiger partial charge is 0.497 e. The Morgan fingerprint density at radius 2 is 1.73 bits per heavy atom. The summed E-state index contributed by atoms with van der Waals surface area (Å²) in [5.41, 5.74) is 0.702. The zero-order valence-corrected chi connectivity index (χ0v) is 18.1. The van der Waals surface area contributed by atoms with Gasteiger partial charge < -0.3 is 19.5 Å². The number of halogens is 3. The van der Waals surface area contributed by atoms with E-state index in [1.807, 2.05) is 6.92 Å². The van der Waals surface area contributed by atoms with Crippen molar-refractivity contribution >= 4 is 23.1 Å². The fourth-order valence-corrected chi connectivity index (χ4v) is 3.30. The van der Waals surface area contributed by atoms with Crippen molar-refractivity contribution in [2.24, 2.45) is 0 Å². The zero-order chi connectivity index (χ0) is 24.0. The molecule has 0 saturated heterocycles. The maximum absolute atomic E-state index is 13.2. The van der Waals surface area contributed by atoms with E-state index in [2.05, 4.69) is 10.1 Å². The number of ether oxygens (including phenoxy) is 3. The van der Waals surface area contributed by atoms with Gasteiger partial charge in [0.25, 0.3) is 11.8 Å². The lowest BCUT2D eigenvalue weighted by Crippen LogP contribution is -2.34. The summed E-state index contributed by atoms with van der Waals surface area (Å²) in [4.78, 5) is 27.4.